The van der Waals surface area contributed by atoms with Crippen molar-refractivity contribution in [2.45, 2.75) is 0 Å². The second-order valence-corrected chi connectivity index (χ2v) is 2.08. The first-order valence-corrected chi connectivity index (χ1v) is 2.98. The molecule has 0 radical (unpaired) electrons. The summed E-state index contributed by atoms with van der Waals surface area (Å²) in [5.74, 6) is 0.958. The Hall–Kier alpha value is -1.65. The molecule has 5 heteroatoms. The van der Waals surface area contributed by atoms with Gasteiger partial charge in [-0.05, 0) is 0 Å². The summed E-state index contributed by atoms with van der Waals surface area (Å²) in [6.45, 7) is 0.172. The SMILES string of the molecule is O=C(O)n1cc2c(c1)OCO2. The van der Waals surface area contributed by atoms with Gasteiger partial charge in [0.1, 0.15) is 0 Å². The second kappa shape index (κ2) is 1.91. The summed E-state index contributed by atoms with van der Waals surface area (Å²) in [5.41, 5.74) is 0. The molecule has 5 nitrogen and oxygen atoms in total. The Morgan fingerprint density at radius 3 is 2.45 bits per heavy atom. The van der Waals surface area contributed by atoms with Gasteiger partial charge in [0, 0.05) is 0 Å². The highest BCUT2D eigenvalue weighted by Gasteiger charge is 2.17. The molecule has 1 aliphatic rings. The molecule has 0 atom stereocenters. The molecule has 11 heavy (non-hydrogen) atoms. The average Bonchev–Trinajstić information content (AvgIpc) is 2.40. The van der Waals surface area contributed by atoms with Gasteiger partial charge in [-0.3, -0.25) is 4.57 Å². The Bertz CT molecular complexity index is 282. The molecule has 0 bridgehead atoms. The highest BCUT2D eigenvalue weighted by atomic mass is 16.7. The highest BCUT2D eigenvalue weighted by molar-refractivity contribution is 5.70. The maximum Gasteiger partial charge on any atom is 0.415 e. The number of hydrogen-bond acceptors (Lipinski definition) is 3. The number of carbonyl (C=O) groups is 1. The van der Waals surface area contributed by atoms with Crippen LogP contribution in [0, 0.1) is 0 Å². The molecule has 2 heterocycles. The second-order valence-electron chi connectivity index (χ2n) is 2.08. The summed E-state index contributed by atoms with van der Waals surface area (Å²) >= 11 is 0. The van der Waals surface area contributed by atoms with E-state index < -0.39 is 6.09 Å². The van der Waals surface area contributed by atoms with Gasteiger partial charge < -0.3 is 14.6 Å². The van der Waals surface area contributed by atoms with Crippen LogP contribution in [0.2, 0.25) is 0 Å². The molecule has 1 aliphatic heterocycles. The van der Waals surface area contributed by atoms with Crippen LogP contribution in [0.3, 0.4) is 0 Å². The van der Waals surface area contributed by atoms with Gasteiger partial charge >= 0.3 is 6.09 Å². The van der Waals surface area contributed by atoms with Crippen molar-refractivity contribution in [3.8, 4) is 11.5 Å². The van der Waals surface area contributed by atoms with E-state index in [0.29, 0.717) is 11.5 Å². The van der Waals surface area contributed by atoms with E-state index in [4.69, 9.17) is 14.6 Å². The van der Waals surface area contributed by atoms with Crippen LogP contribution in [-0.4, -0.2) is 22.6 Å². The molecule has 0 saturated heterocycles. The highest BCUT2D eigenvalue weighted by Crippen LogP contribution is 2.32. The van der Waals surface area contributed by atoms with E-state index in [-0.39, 0.29) is 6.79 Å². The molecule has 0 fully saturated rings. The third-order valence-electron chi connectivity index (χ3n) is 1.41. The van der Waals surface area contributed by atoms with Gasteiger partial charge in [-0.1, -0.05) is 0 Å². The molecule has 0 aliphatic carbocycles. The van der Waals surface area contributed by atoms with Gasteiger partial charge in [-0.2, -0.15) is 0 Å². The maximum absolute atomic E-state index is 10.4. The van der Waals surface area contributed by atoms with E-state index in [0.717, 1.165) is 4.57 Å². The topological polar surface area (TPSA) is 60.7 Å². The Morgan fingerprint density at radius 2 is 2.00 bits per heavy atom. The number of ether oxygens (including phenoxy) is 2. The Morgan fingerprint density at radius 1 is 1.45 bits per heavy atom. The Kier molecular flexibility index (Phi) is 1.06. The van der Waals surface area contributed by atoms with Gasteiger partial charge in [-0.25, -0.2) is 4.79 Å². The van der Waals surface area contributed by atoms with E-state index in [2.05, 4.69) is 0 Å². The summed E-state index contributed by atoms with van der Waals surface area (Å²) in [6.07, 6.45) is 1.68. The van der Waals surface area contributed by atoms with Crippen molar-refractivity contribution >= 4 is 6.09 Å². The van der Waals surface area contributed by atoms with Gasteiger partial charge in [0.15, 0.2) is 11.5 Å². The largest absolute Gasteiger partial charge is 0.464 e. The quantitative estimate of drug-likeness (QED) is 0.600. The molecule has 1 aromatic heterocycles. The molecular formula is C6H5NO4. The van der Waals surface area contributed by atoms with E-state index in [9.17, 15) is 4.79 Å². The number of hydrogen-bond donors (Lipinski definition) is 1. The van der Waals surface area contributed by atoms with Crippen molar-refractivity contribution in [3.05, 3.63) is 12.4 Å². The van der Waals surface area contributed by atoms with E-state index >= 15 is 0 Å². The van der Waals surface area contributed by atoms with Crippen LogP contribution in [0.4, 0.5) is 4.79 Å². The van der Waals surface area contributed by atoms with E-state index in [1.54, 1.807) is 0 Å². The number of rotatable bonds is 0. The number of fused-ring (bicyclic) bond motifs is 1. The Labute approximate surface area is 61.8 Å². The van der Waals surface area contributed by atoms with Gasteiger partial charge in [-0.15, -0.1) is 0 Å². The minimum atomic E-state index is -1.05. The van der Waals surface area contributed by atoms with Crippen LogP contribution >= 0.6 is 0 Å². The molecule has 0 amide bonds. The first-order chi connectivity index (χ1) is 5.27. The minimum absolute atomic E-state index is 0.172. The fraction of sp³-hybridized carbons (Fsp3) is 0.167. The third-order valence-corrected chi connectivity index (χ3v) is 1.41. The average molecular weight is 155 g/mol. The minimum Gasteiger partial charge on any atom is -0.464 e. The lowest BCUT2D eigenvalue weighted by Gasteiger charge is -1.93. The van der Waals surface area contributed by atoms with Crippen LogP contribution in [0.5, 0.6) is 11.5 Å². The zero-order chi connectivity index (χ0) is 7.84. The lowest BCUT2D eigenvalue weighted by Crippen LogP contribution is -2.05. The normalized spacial score (nSPS) is 13.5. The van der Waals surface area contributed by atoms with E-state index in [1.807, 2.05) is 0 Å². The number of aromatic nitrogens is 1. The van der Waals surface area contributed by atoms with Crippen molar-refractivity contribution in [3.63, 3.8) is 0 Å². The summed E-state index contributed by atoms with van der Waals surface area (Å²) in [6, 6.07) is 0. The van der Waals surface area contributed by atoms with Crippen LogP contribution in [0.15, 0.2) is 12.4 Å². The summed E-state index contributed by atoms with van der Waals surface area (Å²) in [5, 5.41) is 8.49. The number of carboxylic acid groups (broad SMARTS) is 1. The number of nitrogens with zero attached hydrogens (tertiary/aromatic N) is 1. The molecule has 0 unspecified atom stereocenters. The van der Waals surface area contributed by atoms with Gasteiger partial charge in [0.05, 0.1) is 12.4 Å². The predicted molar refractivity (Wildman–Crippen MR) is 34.0 cm³/mol. The van der Waals surface area contributed by atoms with Crippen LogP contribution in [0.1, 0.15) is 0 Å². The zero-order valence-corrected chi connectivity index (χ0v) is 5.48. The van der Waals surface area contributed by atoms with Gasteiger partial charge in [0.25, 0.3) is 0 Å². The Balaban J connectivity index is 2.42. The summed E-state index contributed by atoms with van der Waals surface area (Å²) < 4.78 is 10.8. The van der Waals surface area contributed by atoms with E-state index in [1.165, 1.54) is 12.4 Å². The fourth-order valence-electron chi connectivity index (χ4n) is 0.901. The molecule has 58 valence electrons. The molecule has 0 spiro atoms. The standard InChI is InChI=1S/C6H5NO4/c8-6(9)7-1-4-5(2-7)11-3-10-4/h1-2H,3H2,(H,8,9). The fourth-order valence-corrected chi connectivity index (χ4v) is 0.901. The zero-order valence-electron chi connectivity index (χ0n) is 5.48. The van der Waals surface area contributed by atoms with Crippen LogP contribution in [-0.2, 0) is 0 Å². The summed E-state index contributed by atoms with van der Waals surface area (Å²) in [7, 11) is 0. The van der Waals surface area contributed by atoms with Crippen LogP contribution in [0.25, 0.3) is 0 Å². The van der Waals surface area contributed by atoms with Crippen molar-refractivity contribution in [2.24, 2.45) is 0 Å². The molecule has 1 N–H and O–H groups in total. The van der Waals surface area contributed by atoms with Crippen molar-refractivity contribution in [2.75, 3.05) is 6.79 Å². The van der Waals surface area contributed by atoms with Crippen LogP contribution < -0.4 is 9.47 Å². The third kappa shape index (κ3) is 0.813. The van der Waals surface area contributed by atoms with Crippen molar-refractivity contribution < 1.29 is 19.4 Å². The molecule has 0 aromatic carbocycles. The molecular weight excluding hydrogens is 150 g/mol. The summed E-state index contributed by atoms with van der Waals surface area (Å²) in [4.78, 5) is 10.4. The first kappa shape index (κ1) is 6.09. The molecule has 0 saturated carbocycles. The molecule has 2 rings (SSSR count). The lowest BCUT2D eigenvalue weighted by atomic mass is 10.6. The maximum atomic E-state index is 10.4. The predicted octanol–water partition coefficient (Wildman–Crippen LogP) is 0.743. The monoisotopic (exact) mass is 155 g/mol. The lowest BCUT2D eigenvalue weighted by molar-refractivity contribution is 0.168. The van der Waals surface area contributed by atoms with Gasteiger partial charge in [0.2, 0.25) is 6.79 Å². The smallest absolute Gasteiger partial charge is 0.415 e. The first-order valence-electron chi connectivity index (χ1n) is 2.98. The van der Waals surface area contributed by atoms with Crippen molar-refractivity contribution in [1.29, 1.82) is 0 Å². The molecule has 1 aromatic rings. The van der Waals surface area contributed by atoms with Crippen molar-refractivity contribution in [1.82, 2.24) is 4.57 Å².